The first-order valence-electron chi connectivity index (χ1n) is 11.6. The fourth-order valence-corrected chi connectivity index (χ4v) is 4.04. The maximum absolute atomic E-state index is 13.7. The summed E-state index contributed by atoms with van der Waals surface area (Å²) in [6, 6.07) is 15.8. The van der Waals surface area contributed by atoms with Gasteiger partial charge in [0.05, 0.1) is 19.1 Å². The van der Waals surface area contributed by atoms with Crippen LogP contribution in [0.4, 0.5) is 18.0 Å². The van der Waals surface area contributed by atoms with Crippen LogP contribution in [0.3, 0.4) is 0 Å². The summed E-state index contributed by atoms with van der Waals surface area (Å²) in [6.07, 6.45) is -4.88. The second-order valence-corrected chi connectivity index (χ2v) is 9.07. The van der Waals surface area contributed by atoms with Crippen molar-refractivity contribution in [2.75, 3.05) is 13.7 Å². The first-order valence-corrected chi connectivity index (χ1v) is 12.0. The van der Waals surface area contributed by atoms with E-state index in [0.29, 0.717) is 34.8 Å². The summed E-state index contributed by atoms with van der Waals surface area (Å²) in [5, 5.41) is 3.47. The molecule has 3 aromatic rings. The average molecular weight is 533 g/mol. The van der Waals surface area contributed by atoms with Crippen molar-refractivity contribution in [3.05, 3.63) is 93.5 Å². The molecular formula is C28H28ClF3N2O3. The molecule has 196 valence electrons. The van der Waals surface area contributed by atoms with E-state index < -0.39 is 17.7 Å². The van der Waals surface area contributed by atoms with Crippen molar-refractivity contribution in [1.82, 2.24) is 10.2 Å². The van der Waals surface area contributed by atoms with E-state index >= 15 is 0 Å². The standard InChI is InChI=1S/C28H28ClF3N2O3/c1-4-34(27(36)33-16-19-6-8-24(29)9-7-19)17-22-11-18(2)5-10-25(22)21-12-20(14-26(35)37-3)13-23(15-21)28(30,31)32/h5-13,15H,4,14,16-17H2,1-3H3,(H,33,36). The summed E-state index contributed by atoms with van der Waals surface area (Å²) in [5.74, 6) is -0.635. The Labute approximate surface area is 219 Å². The topological polar surface area (TPSA) is 58.6 Å². The van der Waals surface area contributed by atoms with Gasteiger partial charge in [0.15, 0.2) is 0 Å². The van der Waals surface area contributed by atoms with Crippen LogP contribution in [0.5, 0.6) is 0 Å². The zero-order valence-electron chi connectivity index (χ0n) is 20.8. The zero-order chi connectivity index (χ0) is 27.2. The molecule has 1 N–H and O–H groups in total. The molecule has 0 aromatic heterocycles. The molecule has 0 radical (unpaired) electrons. The van der Waals surface area contributed by atoms with E-state index in [2.05, 4.69) is 10.1 Å². The zero-order valence-corrected chi connectivity index (χ0v) is 21.5. The lowest BCUT2D eigenvalue weighted by molar-refractivity contribution is -0.140. The van der Waals surface area contributed by atoms with Gasteiger partial charge in [0.2, 0.25) is 0 Å². The van der Waals surface area contributed by atoms with E-state index in [-0.39, 0.29) is 24.6 Å². The van der Waals surface area contributed by atoms with Crippen molar-refractivity contribution >= 4 is 23.6 Å². The summed E-state index contributed by atoms with van der Waals surface area (Å²) in [6.45, 7) is 4.57. The van der Waals surface area contributed by atoms with Gasteiger partial charge in [-0.3, -0.25) is 4.79 Å². The third-order valence-electron chi connectivity index (χ3n) is 5.86. The van der Waals surface area contributed by atoms with Gasteiger partial charge >= 0.3 is 18.2 Å². The van der Waals surface area contributed by atoms with Gasteiger partial charge in [-0.2, -0.15) is 13.2 Å². The number of ether oxygens (including phenoxy) is 1. The quantitative estimate of drug-likeness (QED) is 0.325. The summed E-state index contributed by atoms with van der Waals surface area (Å²) < 4.78 is 45.7. The molecule has 5 nitrogen and oxygen atoms in total. The number of halogens is 4. The maximum atomic E-state index is 13.7. The number of aryl methyl sites for hydroxylation is 1. The second-order valence-electron chi connectivity index (χ2n) is 8.63. The molecule has 2 amide bonds. The molecule has 0 unspecified atom stereocenters. The molecule has 0 aliphatic heterocycles. The molecule has 37 heavy (non-hydrogen) atoms. The van der Waals surface area contributed by atoms with Gasteiger partial charge in [-0.15, -0.1) is 0 Å². The predicted molar refractivity (Wildman–Crippen MR) is 137 cm³/mol. The summed E-state index contributed by atoms with van der Waals surface area (Å²) >= 11 is 5.91. The number of benzene rings is 3. The van der Waals surface area contributed by atoms with E-state index in [4.69, 9.17) is 11.6 Å². The Balaban J connectivity index is 1.92. The average Bonchev–Trinajstić information content (AvgIpc) is 2.86. The molecule has 0 aliphatic rings. The van der Waals surface area contributed by atoms with E-state index in [1.807, 2.05) is 32.0 Å². The molecule has 9 heteroatoms. The Morgan fingerprint density at radius 3 is 2.32 bits per heavy atom. The lowest BCUT2D eigenvalue weighted by Crippen LogP contribution is -2.39. The van der Waals surface area contributed by atoms with Crippen molar-refractivity contribution in [2.24, 2.45) is 0 Å². The maximum Gasteiger partial charge on any atom is 0.416 e. The molecule has 0 spiro atoms. The smallest absolute Gasteiger partial charge is 0.416 e. The normalized spacial score (nSPS) is 11.2. The van der Waals surface area contributed by atoms with Gasteiger partial charge in [0.25, 0.3) is 0 Å². The van der Waals surface area contributed by atoms with Gasteiger partial charge in [-0.25, -0.2) is 4.79 Å². The van der Waals surface area contributed by atoms with Gasteiger partial charge in [-0.1, -0.05) is 53.6 Å². The number of nitrogens with one attached hydrogen (secondary N) is 1. The number of methoxy groups -OCH3 is 1. The lowest BCUT2D eigenvalue weighted by Gasteiger charge is -2.24. The van der Waals surface area contributed by atoms with Crippen LogP contribution >= 0.6 is 11.6 Å². The summed E-state index contributed by atoms with van der Waals surface area (Å²) in [5.41, 5.74) is 2.66. The Kier molecular flexibility index (Phi) is 9.21. The monoisotopic (exact) mass is 532 g/mol. The Bertz CT molecular complexity index is 1260. The molecule has 0 atom stereocenters. The molecule has 0 bridgehead atoms. The number of rotatable bonds is 8. The number of alkyl halides is 3. The minimum atomic E-state index is -4.59. The fraction of sp³-hybridized carbons (Fsp3) is 0.286. The Morgan fingerprint density at radius 2 is 1.70 bits per heavy atom. The first kappa shape index (κ1) is 28.1. The van der Waals surface area contributed by atoms with Crippen LogP contribution in [0.2, 0.25) is 5.02 Å². The number of carbonyl (C=O) groups is 2. The van der Waals surface area contributed by atoms with Crippen LogP contribution in [0, 0.1) is 6.92 Å². The van der Waals surface area contributed by atoms with Gasteiger partial charge in [-0.05, 0) is 65.9 Å². The third-order valence-corrected chi connectivity index (χ3v) is 6.11. The molecule has 0 saturated heterocycles. The molecular weight excluding hydrogens is 505 g/mol. The highest BCUT2D eigenvalue weighted by Gasteiger charge is 2.31. The van der Waals surface area contributed by atoms with E-state index in [1.54, 1.807) is 35.2 Å². The number of esters is 1. The van der Waals surface area contributed by atoms with E-state index in [1.165, 1.54) is 7.11 Å². The molecule has 0 heterocycles. The van der Waals surface area contributed by atoms with E-state index in [9.17, 15) is 22.8 Å². The van der Waals surface area contributed by atoms with Gasteiger partial charge in [0, 0.05) is 24.7 Å². The highest BCUT2D eigenvalue weighted by molar-refractivity contribution is 6.30. The van der Waals surface area contributed by atoms with Crippen LogP contribution in [0.1, 0.15) is 34.7 Å². The number of hydrogen-bond donors (Lipinski definition) is 1. The van der Waals surface area contributed by atoms with Crippen LogP contribution in [0.25, 0.3) is 11.1 Å². The number of nitrogens with zero attached hydrogens (tertiary/aromatic N) is 1. The molecule has 3 aromatic carbocycles. The van der Waals surface area contributed by atoms with Gasteiger partial charge < -0.3 is 15.0 Å². The highest BCUT2D eigenvalue weighted by Crippen LogP contribution is 2.35. The van der Waals surface area contributed by atoms with Crippen molar-refractivity contribution < 1.29 is 27.5 Å². The minimum absolute atomic E-state index is 0.183. The van der Waals surface area contributed by atoms with Crippen LogP contribution in [0.15, 0.2) is 60.7 Å². The third kappa shape index (κ3) is 7.73. The van der Waals surface area contributed by atoms with Crippen molar-refractivity contribution in [3.8, 4) is 11.1 Å². The number of hydrogen-bond acceptors (Lipinski definition) is 3. The minimum Gasteiger partial charge on any atom is -0.469 e. The van der Waals surface area contributed by atoms with Crippen molar-refractivity contribution in [3.63, 3.8) is 0 Å². The number of carbonyl (C=O) groups excluding carboxylic acids is 2. The number of urea groups is 1. The fourth-order valence-electron chi connectivity index (χ4n) is 3.91. The molecule has 0 fully saturated rings. The van der Waals surface area contributed by atoms with E-state index in [0.717, 1.165) is 23.3 Å². The van der Waals surface area contributed by atoms with Crippen molar-refractivity contribution in [1.29, 1.82) is 0 Å². The van der Waals surface area contributed by atoms with Crippen LogP contribution in [-0.2, 0) is 35.2 Å². The first-order chi connectivity index (χ1) is 17.5. The number of amides is 2. The molecule has 0 saturated carbocycles. The molecule has 0 aliphatic carbocycles. The van der Waals surface area contributed by atoms with Crippen molar-refractivity contribution in [2.45, 2.75) is 39.5 Å². The Morgan fingerprint density at radius 1 is 1.00 bits per heavy atom. The lowest BCUT2D eigenvalue weighted by atomic mass is 9.93. The largest absolute Gasteiger partial charge is 0.469 e. The molecule has 3 rings (SSSR count). The van der Waals surface area contributed by atoms with Crippen LogP contribution < -0.4 is 5.32 Å². The predicted octanol–water partition coefficient (Wildman–Crippen LogP) is 6.78. The summed E-state index contributed by atoms with van der Waals surface area (Å²) in [4.78, 5) is 26.3. The Hall–Kier alpha value is -3.52. The van der Waals surface area contributed by atoms with Crippen LogP contribution in [-0.4, -0.2) is 30.6 Å². The SMILES string of the molecule is CCN(Cc1cc(C)ccc1-c1cc(CC(=O)OC)cc(C(F)(F)F)c1)C(=O)NCc1ccc(Cl)cc1. The summed E-state index contributed by atoms with van der Waals surface area (Å²) in [7, 11) is 1.19. The second kappa shape index (κ2) is 12.1. The highest BCUT2D eigenvalue weighted by atomic mass is 35.5. The van der Waals surface area contributed by atoms with Gasteiger partial charge in [0.1, 0.15) is 0 Å².